The molecule has 2 saturated heterocycles. The van der Waals surface area contributed by atoms with Gasteiger partial charge in [-0.25, -0.2) is 4.39 Å². The first-order valence-electron chi connectivity index (χ1n) is 13.5. The summed E-state index contributed by atoms with van der Waals surface area (Å²) in [5.41, 5.74) is 2.83. The Hall–Kier alpha value is -2.64. The van der Waals surface area contributed by atoms with Gasteiger partial charge < -0.3 is 14.4 Å². The smallest absolute Gasteiger partial charge is 0.320 e. The van der Waals surface area contributed by atoms with E-state index in [1.54, 1.807) is 0 Å². The molecule has 8 heteroatoms. The highest BCUT2D eigenvalue weighted by Gasteiger charge is 2.49. The topological polar surface area (TPSA) is 50.7 Å². The van der Waals surface area contributed by atoms with E-state index in [-0.39, 0.29) is 5.54 Å². The first-order chi connectivity index (χ1) is 18.1. The van der Waals surface area contributed by atoms with Crippen LogP contribution in [0, 0.1) is 0 Å². The van der Waals surface area contributed by atoms with Crippen LogP contribution >= 0.6 is 11.6 Å². The van der Waals surface area contributed by atoms with Crippen molar-refractivity contribution in [1.29, 1.82) is 0 Å². The Morgan fingerprint density at radius 3 is 2.86 bits per heavy atom. The van der Waals surface area contributed by atoms with Crippen LogP contribution in [-0.2, 0) is 13.0 Å². The summed E-state index contributed by atoms with van der Waals surface area (Å²) in [6, 6.07) is 12.6. The average Bonchev–Trinajstić information content (AvgIpc) is 3.43. The lowest BCUT2D eigenvalue weighted by atomic mass is 9.95. The lowest BCUT2D eigenvalue weighted by molar-refractivity contribution is 0.106. The van der Waals surface area contributed by atoms with Crippen LogP contribution in [0.3, 0.4) is 0 Å². The van der Waals surface area contributed by atoms with E-state index >= 15 is 0 Å². The largest absolute Gasteiger partial charge is 0.477 e. The average molecular weight is 525 g/mol. The molecule has 2 fully saturated rings. The minimum Gasteiger partial charge on any atom is -0.477 e. The molecule has 6 rings (SSSR count). The number of fused-ring (bicyclic) bond motifs is 3. The van der Waals surface area contributed by atoms with E-state index in [1.165, 1.54) is 0 Å². The molecule has 0 spiro atoms. The fraction of sp³-hybridized carbons (Fsp3) is 0.517. The third-order valence-corrected chi connectivity index (χ3v) is 8.46. The van der Waals surface area contributed by atoms with Crippen molar-refractivity contribution in [2.24, 2.45) is 0 Å². The monoisotopic (exact) mass is 524 g/mol. The van der Waals surface area contributed by atoms with Gasteiger partial charge in [0.05, 0.1) is 29.4 Å². The zero-order valence-corrected chi connectivity index (χ0v) is 22.1. The maximum atomic E-state index is 14.3. The SMILES string of the molecule is CCCCOc1nc(OC[C@@]23CCCN2C[C@H](F)C3)nc2c1CCN(c1cccc3cccc(Cl)c13)C2. The molecule has 37 heavy (non-hydrogen) atoms. The quantitative estimate of drug-likeness (QED) is 0.338. The van der Waals surface area contributed by atoms with Crippen molar-refractivity contribution in [2.75, 3.05) is 37.7 Å². The van der Waals surface area contributed by atoms with Gasteiger partial charge in [-0.1, -0.05) is 49.2 Å². The molecular formula is C29H34ClFN4O2. The number of nitrogens with zero attached hydrogens (tertiary/aromatic N) is 4. The van der Waals surface area contributed by atoms with Gasteiger partial charge in [0.25, 0.3) is 0 Å². The van der Waals surface area contributed by atoms with E-state index < -0.39 is 6.17 Å². The number of aromatic nitrogens is 2. The van der Waals surface area contributed by atoms with Crippen molar-refractivity contribution < 1.29 is 13.9 Å². The molecule has 4 heterocycles. The van der Waals surface area contributed by atoms with Crippen molar-refractivity contribution in [3.8, 4) is 11.9 Å². The third kappa shape index (κ3) is 4.72. The molecular weight excluding hydrogens is 491 g/mol. The van der Waals surface area contributed by atoms with E-state index in [0.29, 0.717) is 44.6 Å². The molecule has 2 atom stereocenters. The third-order valence-electron chi connectivity index (χ3n) is 8.15. The number of hydrogen-bond acceptors (Lipinski definition) is 6. The summed E-state index contributed by atoms with van der Waals surface area (Å²) in [6.07, 6.45) is 4.55. The van der Waals surface area contributed by atoms with E-state index in [2.05, 4.69) is 41.0 Å². The molecule has 0 radical (unpaired) electrons. The highest BCUT2D eigenvalue weighted by Crippen LogP contribution is 2.41. The lowest BCUT2D eigenvalue weighted by Gasteiger charge is -2.33. The van der Waals surface area contributed by atoms with Gasteiger partial charge >= 0.3 is 6.01 Å². The van der Waals surface area contributed by atoms with Crippen LogP contribution in [0.1, 0.15) is 50.3 Å². The maximum Gasteiger partial charge on any atom is 0.320 e. The maximum absolute atomic E-state index is 14.3. The number of ether oxygens (including phenoxy) is 2. The summed E-state index contributed by atoms with van der Waals surface area (Å²) in [5.74, 6) is 0.625. The van der Waals surface area contributed by atoms with E-state index in [1.807, 2.05) is 12.1 Å². The normalized spacial score (nSPS) is 23.3. The number of benzene rings is 2. The van der Waals surface area contributed by atoms with Gasteiger partial charge in [-0.15, -0.1) is 0 Å². The van der Waals surface area contributed by atoms with Crippen molar-refractivity contribution >= 4 is 28.1 Å². The highest BCUT2D eigenvalue weighted by atomic mass is 35.5. The summed E-state index contributed by atoms with van der Waals surface area (Å²) in [4.78, 5) is 14.1. The fourth-order valence-corrected chi connectivity index (χ4v) is 6.54. The summed E-state index contributed by atoms with van der Waals surface area (Å²) < 4.78 is 26.6. The van der Waals surface area contributed by atoms with Gasteiger partial charge in [0.2, 0.25) is 5.88 Å². The van der Waals surface area contributed by atoms with Gasteiger partial charge in [0, 0.05) is 36.1 Å². The van der Waals surface area contributed by atoms with Crippen molar-refractivity contribution in [1.82, 2.24) is 14.9 Å². The van der Waals surface area contributed by atoms with Crippen LogP contribution in [0.4, 0.5) is 10.1 Å². The predicted molar refractivity (Wildman–Crippen MR) is 145 cm³/mol. The Bertz CT molecular complexity index is 1280. The molecule has 2 aromatic carbocycles. The van der Waals surface area contributed by atoms with E-state index in [4.69, 9.17) is 31.0 Å². The Balaban J connectivity index is 1.29. The second-order valence-electron chi connectivity index (χ2n) is 10.6. The molecule has 0 aliphatic carbocycles. The fourth-order valence-electron chi connectivity index (χ4n) is 6.26. The zero-order valence-electron chi connectivity index (χ0n) is 21.4. The van der Waals surface area contributed by atoms with Gasteiger partial charge in [0.15, 0.2) is 0 Å². The molecule has 196 valence electrons. The number of unbranched alkanes of at least 4 members (excludes halogenated alkanes) is 1. The second-order valence-corrected chi connectivity index (χ2v) is 11.0. The molecule has 1 aromatic heterocycles. The second kappa shape index (κ2) is 10.3. The van der Waals surface area contributed by atoms with E-state index in [0.717, 1.165) is 77.9 Å². The minimum atomic E-state index is -0.789. The molecule has 0 N–H and O–H groups in total. The number of halogens is 2. The Labute approximate surface area is 222 Å². The number of hydrogen-bond donors (Lipinski definition) is 0. The predicted octanol–water partition coefficient (Wildman–Crippen LogP) is 5.98. The van der Waals surface area contributed by atoms with Gasteiger partial charge in [-0.05, 0) is 49.7 Å². The van der Waals surface area contributed by atoms with Crippen LogP contribution in [-0.4, -0.2) is 59.4 Å². The molecule has 3 aromatic rings. The van der Waals surface area contributed by atoms with Crippen LogP contribution in [0.15, 0.2) is 36.4 Å². The summed E-state index contributed by atoms with van der Waals surface area (Å²) in [6.45, 7) is 6.04. The van der Waals surface area contributed by atoms with Gasteiger partial charge in [0.1, 0.15) is 12.8 Å². The Morgan fingerprint density at radius 2 is 2.00 bits per heavy atom. The van der Waals surface area contributed by atoms with Crippen molar-refractivity contribution in [3.63, 3.8) is 0 Å². The van der Waals surface area contributed by atoms with Gasteiger partial charge in [-0.3, -0.25) is 4.90 Å². The van der Waals surface area contributed by atoms with Crippen LogP contribution < -0.4 is 14.4 Å². The molecule has 0 amide bonds. The van der Waals surface area contributed by atoms with Crippen molar-refractivity contribution in [3.05, 3.63) is 52.7 Å². The van der Waals surface area contributed by atoms with Crippen LogP contribution in [0.5, 0.6) is 11.9 Å². The zero-order chi connectivity index (χ0) is 25.4. The summed E-state index contributed by atoms with van der Waals surface area (Å²) >= 11 is 6.64. The first-order valence-corrected chi connectivity index (χ1v) is 13.9. The Kier molecular flexibility index (Phi) is 6.84. The minimum absolute atomic E-state index is 0.242. The van der Waals surface area contributed by atoms with E-state index in [9.17, 15) is 4.39 Å². The first kappa shape index (κ1) is 24.7. The van der Waals surface area contributed by atoms with Crippen molar-refractivity contribution in [2.45, 2.75) is 63.7 Å². The number of alkyl halides is 1. The molecule has 3 aliphatic heterocycles. The summed E-state index contributed by atoms with van der Waals surface area (Å²) in [5, 5.41) is 2.92. The molecule has 0 unspecified atom stereocenters. The Morgan fingerprint density at radius 1 is 1.14 bits per heavy atom. The summed E-state index contributed by atoms with van der Waals surface area (Å²) in [7, 11) is 0. The lowest BCUT2D eigenvalue weighted by Crippen LogP contribution is -2.43. The highest BCUT2D eigenvalue weighted by molar-refractivity contribution is 6.36. The number of anilines is 1. The molecule has 0 bridgehead atoms. The number of rotatable bonds is 8. The van der Waals surface area contributed by atoms with Crippen LogP contribution in [0.25, 0.3) is 10.8 Å². The van der Waals surface area contributed by atoms with Crippen LogP contribution in [0.2, 0.25) is 5.02 Å². The molecule has 6 nitrogen and oxygen atoms in total. The molecule has 0 saturated carbocycles. The standard InChI is InChI=1S/C29H34ClFN4O2/c1-2-3-15-36-27-22-11-14-34(25-10-5-8-20-7-4-9-23(30)26(20)25)18-24(22)32-28(33-27)37-19-29-12-6-13-35(29)17-21(31)16-29/h4-5,7-10,21H,2-3,6,11-19H2,1H3/t21-,29+/m1/s1. The van der Waals surface area contributed by atoms with Gasteiger partial charge in [-0.2, -0.15) is 9.97 Å². The molecule has 3 aliphatic rings.